The van der Waals surface area contributed by atoms with Crippen molar-refractivity contribution in [2.24, 2.45) is 11.7 Å². The molecule has 0 bridgehead atoms. The average molecular weight is 259 g/mol. The molecule has 0 aliphatic heterocycles. The van der Waals surface area contributed by atoms with Crippen LogP contribution in [0.2, 0.25) is 0 Å². The van der Waals surface area contributed by atoms with Gasteiger partial charge in [-0.15, -0.1) is 0 Å². The first-order chi connectivity index (χ1) is 7.95. The Morgan fingerprint density at radius 3 is 2.59 bits per heavy atom. The molecule has 1 aliphatic carbocycles. The van der Waals surface area contributed by atoms with Gasteiger partial charge >= 0.3 is 0 Å². The van der Waals surface area contributed by atoms with Gasteiger partial charge in [0, 0.05) is 12.6 Å². The summed E-state index contributed by atoms with van der Waals surface area (Å²) in [6, 6.07) is -0.186. The van der Waals surface area contributed by atoms with Crippen LogP contribution in [0.25, 0.3) is 0 Å². The molecule has 1 heterocycles. The highest BCUT2D eigenvalue weighted by molar-refractivity contribution is 7.89. The minimum Gasteiger partial charge on any atom is -0.360 e. The maximum atomic E-state index is 12.2. The van der Waals surface area contributed by atoms with Crippen LogP contribution in [0, 0.1) is 19.8 Å². The summed E-state index contributed by atoms with van der Waals surface area (Å²) in [6.45, 7) is 3.51. The SMILES string of the molecule is Cc1noc(C)c1S(=O)(=O)NC(CN)C1CC1. The normalized spacial score (nSPS) is 18.3. The standard InChI is InChI=1S/C10H17N3O3S/c1-6-10(7(2)16-12-6)17(14,15)13-9(5-11)8-3-4-8/h8-9,13H,3-5,11H2,1-2H3. The Kier molecular flexibility index (Phi) is 3.24. The highest BCUT2D eigenvalue weighted by Gasteiger charge is 2.35. The summed E-state index contributed by atoms with van der Waals surface area (Å²) in [5, 5.41) is 3.65. The highest BCUT2D eigenvalue weighted by Crippen LogP contribution is 2.33. The van der Waals surface area contributed by atoms with Crippen LogP contribution in [0.15, 0.2) is 9.42 Å². The Labute approximate surface area is 101 Å². The van der Waals surface area contributed by atoms with Crippen LogP contribution in [0.5, 0.6) is 0 Å². The number of aromatic nitrogens is 1. The van der Waals surface area contributed by atoms with Gasteiger partial charge in [-0.2, -0.15) is 0 Å². The molecule has 1 fully saturated rings. The molecule has 1 atom stereocenters. The minimum atomic E-state index is -3.58. The topological polar surface area (TPSA) is 98.2 Å². The largest absolute Gasteiger partial charge is 0.360 e. The molecule has 0 radical (unpaired) electrons. The molecule has 1 aromatic heterocycles. The molecule has 0 saturated heterocycles. The Morgan fingerprint density at radius 2 is 2.18 bits per heavy atom. The van der Waals surface area contributed by atoms with Crippen molar-refractivity contribution in [1.82, 2.24) is 9.88 Å². The summed E-state index contributed by atoms with van der Waals surface area (Å²) in [6.07, 6.45) is 2.07. The number of sulfonamides is 1. The number of aryl methyl sites for hydroxylation is 2. The summed E-state index contributed by atoms with van der Waals surface area (Å²) in [4.78, 5) is 0.136. The van der Waals surface area contributed by atoms with Gasteiger partial charge < -0.3 is 10.3 Å². The molecule has 7 heteroatoms. The average Bonchev–Trinajstić information content (AvgIpc) is 3.02. The van der Waals surface area contributed by atoms with Crippen molar-refractivity contribution in [3.05, 3.63) is 11.5 Å². The highest BCUT2D eigenvalue weighted by atomic mass is 32.2. The first-order valence-corrected chi connectivity index (χ1v) is 7.09. The van der Waals surface area contributed by atoms with Crippen LogP contribution in [-0.2, 0) is 10.0 Å². The lowest BCUT2D eigenvalue weighted by molar-refractivity contribution is 0.390. The molecule has 0 spiro atoms. The molecular formula is C10H17N3O3S. The molecular weight excluding hydrogens is 242 g/mol. The minimum absolute atomic E-state index is 0.136. The third kappa shape index (κ3) is 2.51. The second kappa shape index (κ2) is 4.40. The molecule has 2 rings (SSSR count). The maximum absolute atomic E-state index is 12.2. The summed E-state index contributed by atoms with van der Waals surface area (Å²) in [5.41, 5.74) is 5.96. The Bertz CT molecular complexity index is 485. The summed E-state index contributed by atoms with van der Waals surface area (Å²) < 4.78 is 31.8. The molecule has 0 aromatic carbocycles. The van der Waals surface area contributed by atoms with Crippen LogP contribution in [0.4, 0.5) is 0 Å². The van der Waals surface area contributed by atoms with E-state index in [9.17, 15) is 8.42 Å². The fraction of sp³-hybridized carbons (Fsp3) is 0.700. The van der Waals surface area contributed by atoms with E-state index in [4.69, 9.17) is 10.3 Å². The van der Waals surface area contributed by atoms with Gasteiger partial charge in [0.2, 0.25) is 10.0 Å². The van der Waals surface area contributed by atoms with E-state index in [1.807, 2.05) is 0 Å². The molecule has 3 N–H and O–H groups in total. The maximum Gasteiger partial charge on any atom is 0.246 e. The first kappa shape index (κ1) is 12.5. The van der Waals surface area contributed by atoms with Gasteiger partial charge in [-0.05, 0) is 32.6 Å². The molecule has 6 nitrogen and oxygen atoms in total. The van der Waals surface area contributed by atoms with Crippen molar-refractivity contribution in [3.8, 4) is 0 Å². The summed E-state index contributed by atoms with van der Waals surface area (Å²) >= 11 is 0. The van der Waals surface area contributed by atoms with E-state index < -0.39 is 10.0 Å². The molecule has 17 heavy (non-hydrogen) atoms. The van der Waals surface area contributed by atoms with Gasteiger partial charge in [0.05, 0.1) is 0 Å². The molecule has 1 aliphatic rings. The van der Waals surface area contributed by atoms with E-state index in [0.29, 0.717) is 23.9 Å². The van der Waals surface area contributed by atoms with E-state index in [1.165, 1.54) is 0 Å². The number of nitrogens with one attached hydrogen (secondary N) is 1. The lowest BCUT2D eigenvalue weighted by atomic mass is 10.2. The molecule has 1 saturated carbocycles. The Morgan fingerprint density at radius 1 is 1.53 bits per heavy atom. The van der Waals surface area contributed by atoms with Crippen molar-refractivity contribution in [2.45, 2.75) is 37.6 Å². The zero-order valence-electron chi connectivity index (χ0n) is 9.93. The van der Waals surface area contributed by atoms with Crippen LogP contribution in [0.1, 0.15) is 24.3 Å². The smallest absolute Gasteiger partial charge is 0.246 e. The molecule has 1 unspecified atom stereocenters. The van der Waals surface area contributed by atoms with Crippen molar-refractivity contribution in [2.75, 3.05) is 6.54 Å². The number of hydrogen-bond acceptors (Lipinski definition) is 5. The predicted molar refractivity (Wildman–Crippen MR) is 61.9 cm³/mol. The zero-order valence-corrected chi connectivity index (χ0v) is 10.8. The molecule has 1 aromatic rings. The monoisotopic (exact) mass is 259 g/mol. The van der Waals surface area contributed by atoms with Crippen LogP contribution in [0.3, 0.4) is 0 Å². The molecule has 96 valence electrons. The summed E-state index contributed by atoms with van der Waals surface area (Å²) in [7, 11) is -3.58. The second-order valence-electron chi connectivity index (χ2n) is 4.45. The van der Waals surface area contributed by atoms with Gasteiger partial charge in [0.15, 0.2) is 5.76 Å². The van der Waals surface area contributed by atoms with E-state index in [0.717, 1.165) is 12.8 Å². The van der Waals surface area contributed by atoms with E-state index in [-0.39, 0.29) is 10.9 Å². The Hall–Kier alpha value is -0.920. The lowest BCUT2D eigenvalue weighted by Crippen LogP contribution is -2.41. The third-order valence-corrected chi connectivity index (χ3v) is 4.72. The Balaban J connectivity index is 2.24. The van der Waals surface area contributed by atoms with E-state index in [1.54, 1.807) is 13.8 Å². The second-order valence-corrected chi connectivity index (χ2v) is 6.11. The van der Waals surface area contributed by atoms with Gasteiger partial charge in [-0.1, -0.05) is 5.16 Å². The number of hydrogen-bond donors (Lipinski definition) is 2. The lowest BCUT2D eigenvalue weighted by Gasteiger charge is -2.15. The predicted octanol–water partition coefficient (Wildman–Crippen LogP) is 0.307. The van der Waals surface area contributed by atoms with Crippen molar-refractivity contribution < 1.29 is 12.9 Å². The van der Waals surface area contributed by atoms with E-state index >= 15 is 0 Å². The number of nitrogens with zero attached hydrogens (tertiary/aromatic N) is 1. The van der Waals surface area contributed by atoms with Crippen molar-refractivity contribution in [3.63, 3.8) is 0 Å². The van der Waals surface area contributed by atoms with Gasteiger partial charge in [-0.25, -0.2) is 13.1 Å². The fourth-order valence-electron chi connectivity index (χ4n) is 1.95. The molecule has 0 amide bonds. The van der Waals surface area contributed by atoms with Gasteiger partial charge in [0.1, 0.15) is 10.6 Å². The third-order valence-electron chi connectivity index (χ3n) is 2.99. The van der Waals surface area contributed by atoms with Crippen LogP contribution < -0.4 is 10.5 Å². The number of nitrogens with two attached hydrogens (primary N) is 1. The van der Waals surface area contributed by atoms with Gasteiger partial charge in [-0.3, -0.25) is 0 Å². The van der Waals surface area contributed by atoms with E-state index in [2.05, 4.69) is 9.88 Å². The van der Waals surface area contributed by atoms with Crippen molar-refractivity contribution >= 4 is 10.0 Å². The first-order valence-electron chi connectivity index (χ1n) is 5.61. The van der Waals surface area contributed by atoms with Gasteiger partial charge in [0.25, 0.3) is 0 Å². The van der Waals surface area contributed by atoms with Crippen LogP contribution in [-0.4, -0.2) is 26.2 Å². The quantitative estimate of drug-likeness (QED) is 0.792. The zero-order chi connectivity index (χ0) is 12.6. The van der Waals surface area contributed by atoms with Crippen LogP contribution >= 0.6 is 0 Å². The fourth-order valence-corrected chi connectivity index (χ4v) is 3.60. The number of rotatable bonds is 5. The van der Waals surface area contributed by atoms with Crippen molar-refractivity contribution in [1.29, 1.82) is 0 Å². The summed E-state index contributed by atoms with van der Waals surface area (Å²) in [5.74, 6) is 0.678.